The van der Waals surface area contributed by atoms with Gasteiger partial charge >= 0.3 is 0 Å². The van der Waals surface area contributed by atoms with E-state index in [1.807, 2.05) is 18.2 Å². The van der Waals surface area contributed by atoms with Gasteiger partial charge < -0.3 is 20.5 Å². The van der Waals surface area contributed by atoms with Crippen LogP contribution >= 0.6 is 0 Å². The fraction of sp³-hybridized carbons (Fsp3) is 0.500. The lowest BCUT2D eigenvalue weighted by Gasteiger charge is -2.25. The Morgan fingerprint density at radius 1 is 1.53 bits per heavy atom. The van der Waals surface area contributed by atoms with Crippen molar-refractivity contribution in [2.45, 2.75) is 18.9 Å². The molecule has 2 heterocycles. The number of nitrogens with two attached hydrogens (primary N) is 1. The van der Waals surface area contributed by atoms with E-state index in [0.29, 0.717) is 6.04 Å². The summed E-state index contributed by atoms with van der Waals surface area (Å²) in [6.45, 7) is 2.21. The summed E-state index contributed by atoms with van der Waals surface area (Å²) in [4.78, 5) is 12.6. The molecule has 1 unspecified atom stereocenters. The van der Waals surface area contributed by atoms with Crippen molar-refractivity contribution in [3.63, 3.8) is 0 Å². The molecule has 0 spiro atoms. The van der Waals surface area contributed by atoms with Gasteiger partial charge in [-0.1, -0.05) is 0 Å². The van der Waals surface area contributed by atoms with Gasteiger partial charge in [0.15, 0.2) is 0 Å². The third-order valence-corrected chi connectivity index (χ3v) is 4.01. The van der Waals surface area contributed by atoms with Crippen molar-refractivity contribution in [3.8, 4) is 0 Å². The van der Waals surface area contributed by atoms with E-state index in [4.69, 9.17) is 5.73 Å². The maximum Gasteiger partial charge on any atom is 0.203 e. The highest BCUT2D eigenvalue weighted by Crippen LogP contribution is 2.21. The summed E-state index contributed by atoms with van der Waals surface area (Å²) in [5, 5.41) is 0. The quantitative estimate of drug-likeness (QED) is 0.823. The Morgan fingerprint density at radius 2 is 2.37 bits per heavy atom. The van der Waals surface area contributed by atoms with Crippen molar-refractivity contribution < 1.29 is 0 Å². The first-order valence-electron chi connectivity index (χ1n) is 6.80. The standard InChI is InChI=1S/C14H21N5/c1-18-7-3-4-11(18)9-19(2)14-16-12-6-5-10(15)8-13(12)17-14/h5-6,8,11H,3-4,7,9,15H2,1-2H3,(H,16,17). The molecule has 1 aliphatic rings. The van der Waals surface area contributed by atoms with Gasteiger partial charge in [0.25, 0.3) is 0 Å². The van der Waals surface area contributed by atoms with Gasteiger partial charge in [-0.05, 0) is 44.6 Å². The molecule has 1 aromatic heterocycles. The van der Waals surface area contributed by atoms with Crippen molar-refractivity contribution in [2.24, 2.45) is 0 Å². The molecule has 1 fully saturated rings. The van der Waals surface area contributed by atoms with Crippen LogP contribution in [-0.4, -0.2) is 48.1 Å². The molecule has 0 aliphatic carbocycles. The Morgan fingerprint density at radius 3 is 3.11 bits per heavy atom. The molecule has 1 atom stereocenters. The largest absolute Gasteiger partial charge is 0.399 e. The van der Waals surface area contributed by atoms with Crippen LogP contribution in [0.5, 0.6) is 0 Å². The van der Waals surface area contributed by atoms with E-state index in [1.54, 1.807) is 0 Å². The van der Waals surface area contributed by atoms with Gasteiger partial charge in [0, 0.05) is 25.3 Å². The van der Waals surface area contributed by atoms with Gasteiger partial charge in [-0.3, -0.25) is 0 Å². The number of fused-ring (bicyclic) bond motifs is 1. The smallest absolute Gasteiger partial charge is 0.203 e. The third-order valence-electron chi connectivity index (χ3n) is 4.01. The number of benzene rings is 1. The number of likely N-dealkylation sites (N-methyl/N-ethyl adjacent to an activating group) is 2. The average Bonchev–Trinajstić information content (AvgIpc) is 2.96. The van der Waals surface area contributed by atoms with E-state index < -0.39 is 0 Å². The zero-order valence-electron chi connectivity index (χ0n) is 11.6. The molecule has 0 saturated carbocycles. The van der Waals surface area contributed by atoms with Gasteiger partial charge in [-0.25, -0.2) is 4.98 Å². The van der Waals surface area contributed by atoms with Gasteiger partial charge in [-0.15, -0.1) is 0 Å². The second-order valence-corrected chi connectivity index (χ2v) is 5.49. The second kappa shape index (κ2) is 4.74. The number of imidazole rings is 1. The number of aromatic nitrogens is 2. The van der Waals surface area contributed by atoms with Crippen LogP contribution < -0.4 is 10.6 Å². The molecule has 0 radical (unpaired) electrons. The maximum atomic E-state index is 5.79. The van der Waals surface area contributed by atoms with E-state index >= 15 is 0 Å². The number of nitrogen functional groups attached to an aromatic ring is 1. The summed E-state index contributed by atoms with van der Waals surface area (Å²) in [6.07, 6.45) is 2.57. The minimum Gasteiger partial charge on any atom is -0.399 e. The Hall–Kier alpha value is -1.75. The SMILES string of the molecule is CN(CC1CCCN1C)c1nc2ccc(N)cc2[nH]1. The zero-order valence-corrected chi connectivity index (χ0v) is 11.6. The monoisotopic (exact) mass is 259 g/mol. The highest BCUT2D eigenvalue weighted by molar-refractivity contribution is 5.80. The van der Waals surface area contributed by atoms with E-state index in [0.717, 1.165) is 29.2 Å². The molecular formula is C14H21N5. The van der Waals surface area contributed by atoms with Crippen LogP contribution in [-0.2, 0) is 0 Å². The maximum absolute atomic E-state index is 5.79. The molecule has 5 heteroatoms. The highest BCUT2D eigenvalue weighted by Gasteiger charge is 2.23. The van der Waals surface area contributed by atoms with Crippen LogP contribution in [0.25, 0.3) is 11.0 Å². The lowest BCUT2D eigenvalue weighted by molar-refractivity contribution is 0.313. The van der Waals surface area contributed by atoms with Crippen LogP contribution in [0, 0.1) is 0 Å². The normalized spacial score (nSPS) is 20.2. The first-order valence-corrected chi connectivity index (χ1v) is 6.80. The van der Waals surface area contributed by atoms with E-state index in [-0.39, 0.29) is 0 Å². The lowest BCUT2D eigenvalue weighted by atomic mass is 10.2. The van der Waals surface area contributed by atoms with Crippen LogP contribution in [0.2, 0.25) is 0 Å². The number of hydrogen-bond acceptors (Lipinski definition) is 4. The Kier molecular flexibility index (Phi) is 3.06. The van der Waals surface area contributed by atoms with Gasteiger partial charge in [-0.2, -0.15) is 0 Å². The van der Waals surface area contributed by atoms with E-state index in [2.05, 4.69) is 33.9 Å². The summed E-state index contributed by atoms with van der Waals surface area (Å²) < 4.78 is 0. The minimum atomic E-state index is 0.628. The van der Waals surface area contributed by atoms with Crippen LogP contribution in [0.1, 0.15) is 12.8 Å². The second-order valence-electron chi connectivity index (χ2n) is 5.49. The lowest BCUT2D eigenvalue weighted by Crippen LogP contribution is -2.37. The molecular weight excluding hydrogens is 238 g/mol. The molecule has 3 N–H and O–H groups in total. The molecule has 1 aliphatic heterocycles. The van der Waals surface area contributed by atoms with Crippen LogP contribution in [0.4, 0.5) is 11.6 Å². The van der Waals surface area contributed by atoms with Gasteiger partial charge in [0.2, 0.25) is 5.95 Å². The number of nitrogens with one attached hydrogen (secondary N) is 1. The van der Waals surface area contributed by atoms with Gasteiger partial charge in [0.05, 0.1) is 11.0 Å². The van der Waals surface area contributed by atoms with Crippen LogP contribution in [0.3, 0.4) is 0 Å². The number of rotatable bonds is 3. The van der Waals surface area contributed by atoms with E-state index in [1.165, 1.54) is 19.4 Å². The number of aromatic amines is 1. The van der Waals surface area contributed by atoms with Crippen molar-refractivity contribution in [1.29, 1.82) is 0 Å². The van der Waals surface area contributed by atoms with E-state index in [9.17, 15) is 0 Å². The van der Waals surface area contributed by atoms with Crippen molar-refractivity contribution in [3.05, 3.63) is 18.2 Å². The number of nitrogens with zero attached hydrogens (tertiary/aromatic N) is 3. The Balaban J connectivity index is 1.79. The topological polar surface area (TPSA) is 61.2 Å². The van der Waals surface area contributed by atoms with Crippen molar-refractivity contribution in [1.82, 2.24) is 14.9 Å². The molecule has 0 bridgehead atoms. The molecule has 1 saturated heterocycles. The molecule has 102 valence electrons. The molecule has 2 aromatic rings. The predicted octanol–water partition coefficient (Wildman–Crippen LogP) is 1.68. The molecule has 19 heavy (non-hydrogen) atoms. The summed E-state index contributed by atoms with van der Waals surface area (Å²) in [5.74, 6) is 0.918. The van der Waals surface area contributed by atoms with Crippen molar-refractivity contribution >= 4 is 22.7 Å². The number of anilines is 2. The Bertz CT molecular complexity index is 576. The first-order chi connectivity index (χ1) is 9.13. The van der Waals surface area contributed by atoms with Crippen molar-refractivity contribution in [2.75, 3.05) is 37.8 Å². The zero-order chi connectivity index (χ0) is 13.4. The summed E-state index contributed by atoms with van der Waals surface area (Å²) >= 11 is 0. The molecule has 1 aromatic carbocycles. The number of hydrogen-bond donors (Lipinski definition) is 2. The van der Waals surface area contributed by atoms with Gasteiger partial charge in [0.1, 0.15) is 0 Å². The fourth-order valence-electron chi connectivity index (χ4n) is 2.81. The number of H-pyrrole nitrogens is 1. The summed E-state index contributed by atoms with van der Waals surface area (Å²) in [5.41, 5.74) is 8.53. The summed E-state index contributed by atoms with van der Waals surface area (Å²) in [6, 6.07) is 6.41. The highest BCUT2D eigenvalue weighted by atomic mass is 15.3. The van der Waals surface area contributed by atoms with Crippen LogP contribution in [0.15, 0.2) is 18.2 Å². The third kappa shape index (κ3) is 2.38. The fourth-order valence-corrected chi connectivity index (χ4v) is 2.81. The first kappa shape index (κ1) is 12.3. The molecule has 0 amide bonds. The predicted molar refractivity (Wildman–Crippen MR) is 79.4 cm³/mol. The average molecular weight is 259 g/mol. The number of likely N-dealkylation sites (tertiary alicyclic amines) is 1. The summed E-state index contributed by atoms with van der Waals surface area (Å²) in [7, 11) is 4.29. The molecule has 3 rings (SSSR count). The Labute approximate surface area is 113 Å². The molecule has 5 nitrogen and oxygen atoms in total. The minimum absolute atomic E-state index is 0.628.